The average Bonchev–Trinajstić information content (AvgIpc) is 3.27. The molecule has 0 saturated carbocycles. The summed E-state index contributed by atoms with van der Waals surface area (Å²) in [7, 11) is 0. The van der Waals surface area contributed by atoms with Gasteiger partial charge >= 0.3 is 12.1 Å². The smallest absolute Gasteiger partial charge is 0.406 e. The lowest BCUT2D eigenvalue weighted by Crippen LogP contribution is -2.54. The highest BCUT2D eigenvalue weighted by molar-refractivity contribution is 6.19. The molecule has 1 fully saturated rings. The monoisotopic (exact) mass is 408 g/mol. The number of aromatic nitrogens is 1. The Morgan fingerprint density at radius 2 is 1.97 bits per heavy atom. The number of hydrogen-bond donors (Lipinski definition) is 3. The number of hydrogen-bond acceptors (Lipinski definition) is 6. The number of halogens is 3. The third kappa shape index (κ3) is 3.12. The molecular formula is C18H15F3N4O4. The molecule has 29 heavy (non-hydrogen) atoms. The molecular weight excluding hydrogens is 393 g/mol. The molecule has 0 aliphatic carbocycles. The average molecular weight is 408 g/mol. The number of fused-ring (bicyclic) bond motifs is 1. The number of hydrazine groups is 1. The van der Waals surface area contributed by atoms with E-state index < -0.39 is 41.9 Å². The maximum absolute atomic E-state index is 13.7. The van der Waals surface area contributed by atoms with Gasteiger partial charge in [-0.1, -0.05) is 30.3 Å². The second-order valence-electron chi connectivity index (χ2n) is 6.69. The molecule has 2 aliphatic heterocycles. The van der Waals surface area contributed by atoms with Crippen LogP contribution in [0.25, 0.3) is 5.57 Å². The molecule has 2 aliphatic rings. The Morgan fingerprint density at radius 1 is 1.28 bits per heavy atom. The van der Waals surface area contributed by atoms with Gasteiger partial charge in [-0.2, -0.15) is 13.2 Å². The molecule has 2 aromatic rings. The number of carboxylic acid groups (broad SMARTS) is 1. The number of alkyl halides is 3. The van der Waals surface area contributed by atoms with Crippen molar-refractivity contribution < 1.29 is 32.3 Å². The quantitative estimate of drug-likeness (QED) is 0.714. The summed E-state index contributed by atoms with van der Waals surface area (Å²) < 4.78 is 46.3. The van der Waals surface area contributed by atoms with E-state index in [9.17, 15) is 22.8 Å². The summed E-state index contributed by atoms with van der Waals surface area (Å²) in [6, 6.07) is 6.09. The van der Waals surface area contributed by atoms with E-state index in [1.54, 1.807) is 30.3 Å². The van der Waals surface area contributed by atoms with Crippen LogP contribution in [0.3, 0.4) is 0 Å². The molecule has 0 radical (unpaired) electrons. The second kappa shape index (κ2) is 6.62. The highest BCUT2D eigenvalue weighted by Gasteiger charge is 2.58. The Hall–Kier alpha value is -3.34. The van der Waals surface area contributed by atoms with Crippen LogP contribution in [0.5, 0.6) is 0 Å². The molecule has 4 rings (SSSR count). The molecule has 1 amide bonds. The first-order chi connectivity index (χ1) is 13.7. The van der Waals surface area contributed by atoms with Crippen molar-refractivity contribution in [2.75, 3.05) is 0 Å². The summed E-state index contributed by atoms with van der Waals surface area (Å²) in [5.41, 5.74) is 2.35. The van der Waals surface area contributed by atoms with Gasteiger partial charge in [-0.05, 0) is 12.5 Å². The standard InChI is InChI=1S/C18H15F3N4O4/c1-8-11(15-23-10(7-29-15)17(27)28)16(26)25-14(22-8)12(9-5-3-2-4-6-9)13(24-25)18(19,20)21/h2-7,12-14,22,24H,1H3,(H,27,28). The number of nitrogens with zero attached hydrogens (tertiary/aromatic N) is 2. The van der Waals surface area contributed by atoms with Crippen LogP contribution in [-0.4, -0.2) is 45.4 Å². The number of benzene rings is 1. The fourth-order valence-corrected chi connectivity index (χ4v) is 3.63. The number of carboxylic acids is 1. The minimum absolute atomic E-state index is 0.143. The van der Waals surface area contributed by atoms with Gasteiger partial charge in [0.1, 0.15) is 24.0 Å². The lowest BCUT2D eigenvalue weighted by Gasteiger charge is -2.34. The number of carbonyl (C=O) groups excluding carboxylic acids is 1. The van der Waals surface area contributed by atoms with Gasteiger partial charge in [0, 0.05) is 5.70 Å². The van der Waals surface area contributed by atoms with Gasteiger partial charge in [0.2, 0.25) is 5.89 Å². The molecule has 1 aromatic carbocycles. The molecule has 1 aromatic heterocycles. The van der Waals surface area contributed by atoms with Crippen molar-refractivity contribution in [3.8, 4) is 0 Å². The Labute approximate surface area is 162 Å². The van der Waals surface area contributed by atoms with Crippen LogP contribution in [0.2, 0.25) is 0 Å². The number of oxazole rings is 1. The number of allylic oxidation sites excluding steroid dienone is 1. The van der Waals surface area contributed by atoms with Crippen LogP contribution in [0.4, 0.5) is 13.2 Å². The van der Waals surface area contributed by atoms with E-state index in [1.807, 2.05) is 0 Å². The van der Waals surface area contributed by atoms with Crippen molar-refractivity contribution in [1.29, 1.82) is 0 Å². The molecule has 3 unspecified atom stereocenters. The largest absolute Gasteiger partial charge is 0.476 e. The Morgan fingerprint density at radius 3 is 2.55 bits per heavy atom. The van der Waals surface area contributed by atoms with Crippen LogP contribution in [-0.2, 0) is 4.79 Å². The predicted molar refractivity (Wildman–Crippen MR) is 92.0 cm³/mol. The Kier molecular flexibility index (Phi) is 4.34. The fraction of sp³-hybridized carbons (Fsp3) is 0.278. The minimum atomic E-state index is -4.62. The summed E-state index contributed by atoms with van der Waals surface area (Å²) in [4.78, 5) is 27.7. The van der Waals surface area contributed by atoms with Gasteiger partial charge in [-0.3, -0.25) is 4.79 Å². The van der Waals surface area contributed by atoms with Crippen LogP contribution in [0.15, 0.2) is 46.7 Å². The van der Waals surface area contributed by atoms with Gasteiger partial charge < -0.3 is 14.8 Å². The van der Waals surface area contributed by atoms with E-state index in [4.69, 9.17) is 9.52 Å². The van der Waals surface area contributed by atoms with E-state index in [0.717, 1.165) is 11.3 Å². The lowest BCUT2D eigenvalue weighted by molar-refractivity contribution is -0.161. The van der Waals surface area contributed by atoms with Crippen molar-refractivity contribution in [3.05, 3.63) is 59.4 Å². The third-order valence-electron chi connectivity index (χ3n) is 4.90. The number of aromatic carboxylic acids is 1. The Bertz CT molecular complexity index is 1000. The molecule has 152 valence electrons. The van der Waals surface area contributed by atoms with E-state index in [0.29, 0.717) is 5.56 Å². The first kappa shape index (κ1) is 19.0. The highest BCUT2D eigenvalue weighted by atomic mass is 19.4. The summed E-state index contributed by atoms with van der Waals surface area (Å²) in [5, 5.41) is 12.8. The normalized spacial score (nSPS) is 24.5. The van der Waals surface area contributed by atoms with Crippen LogP contribution in [0.1, 0.15) is 34.8 Å². The van der Waals surface area contributed by atoms with Gasteiger partial charge in [0.15, 0.2) is 5.69 Å². The van der Waals surface area contributed by atoms with Crippen LogP contribution in [0, 0.1) is 0 Å². The maximum atomic E-state index is 13.7. The number of nitrogens with one attached hydrogen (secondary N) is 2. The zero-order valence-electron chi connectivity index (χ0n) is 14.9. The van der Waals surface area contributed by atoms with Gasteiger partial charge in [-0.25, -0.2) is 20.2 Å². The van der Waals surface area contributed by atoms with Gasteiger partial charge in [0.25, 0.3) is 5.91 Å². The Balaban J connectivity index is 1.75. The molecule has 1 saturated heterocycles. The van der Waals surface area contributed by atoms with Crippen molar-refractivity contribution in [2.24, 2.45) is 0 Å². The zero-order chi connectivity index (χ0) is 20.9. The van der Waals surface area contributed by atoms with Crippen LogP contribution >= 0.6 is 0 Å². The number of carbonyl (C=O) groups is 2. The van der Waals surface area contributed by atoms with Crippen molar-refractivity contribution in [1.82, 2.24) is 20.7 Å². The van der Waals surface area contributed by atoms with Crippen molar-refractivity contribution in [2.45, 2.75) is 31.2 Å². The molecule has 0 bridgehead atoms. The number of amides is 1. The van der Waals surface area contributed by atoms with E-state index in [2.05, 4.69) is 15.7 Å². The van der Waals surface area contributed by atoms with Gasteiger partial charge in [0.05, 0.1) is 5.92 Å². The second-order valence-corrected chi connectivity index (χ2v) is 6.69. The first-order valence-corrected chi connectivity index (χ1v) is 8.56. The van der Waals surface area contributed by atoms with Crippen LogP contribution < -0.4 is 10.7 Å². The highest BCUT2D eigenvalue weighted by Crippen LogP contribution is 2.42. The summed E-state index contributed by atoms with van der Waals surface area (Å²) in [6.45, 7) is 1.50. The number of rotatable bonds is 3. The van der Waals surface area contributed by atoms with Crippen molar-refractivity contribution >= 4 is 17.4 Å². The van der Waals surface area contributed by atoms with E-state index in [-0.39, 0.29) is 17.2 Å². The van der Waals surface area contributed by atoms with Crippen molar-refractivity contribution in [3.63, 3.8) is 0 Å². The van der Waals surface area contributed by atoms with E-state index in [1.165, 1.54) is 6.92 Å². The predicted octanol–water partition coefficient (Wildman–Crippen LogP) is 2.09. The molecule has 3 heterocycles. The SMILES string of the molecule is CC1=C(c2nc(C(=O)O)co2)C(=O)N2NC(C(F)(F)F)C(c3ccccc3)C2N1. The first-order valence-electron chi connectivity index (χ1n) is 8.56. The van der Waals surface area contributed by atoms with E-state index >= 15 is 0 Å². The fourth-order valence-electron chi connectivity index (χ4n) is 3.63. The topological polar surface area (TPSA) is 108 Å². The third-order valence-corrected chi connectivity index (χ3v) is 4.90. The molecule has 8 nitrogen and oxygen atoms in total. The summed E-state index contributed by atoms with van der Waals surface area (Å²) >= 11 is 0. The maximum Gasteiger partial charge on any atom is 0.406 e. The molecule has 11 heteroatoms. The molecule has 3 atom stereocenters. The van der Waals surface area contributed by atoms with Gasteiger partial charge in [-0.15, -0.1) is 0 Å². The lowest BCUT2D eigenvalue weighted by atomic mass is 9.89. The molecule has 3 N–H and O–H groups in total. The summed E-state index contributed by atoms with van der Waals surface area (Å²) in [5.74, 6) is -3.54. The zero-order valence-corrected chi connectivity index (χ0v) is 14.9. The molecule has 0 spiro atoms. The minimum Gasteiger partial charge on any atom is -0.476 e. The summed E-state index contributed by atoms with van der Waals surface area (Å²) in [6.07, 6.45) is -4.76.